The molecule has 1 amide bonds. The minimum Gasteiger partial charge on any atom is -0.496 e. The molecule has 12 heteroatoms. The van der Waals surface area contributed by atoms with E-state index in [1.54, 1.807) is 43.8 Å². The Labute approximate surface area is 216 Å². The number of anilines is 1. The van der Waals surface area contributed by atoms with Crippen molar-refractivity contribution in [1.29, 1.82) is 0 Å². The zero-order chi connectivity index (χ0) is 26.6. The lowest BCUT2D eigenvalue weighted by atomic mass is 9.91. The van der Waals surface area contributed by atoms with Crippen LogP contribution >= 0.6 is 0 Å². The van der Waals surface area contributed by atoms with Crippen molar-refractivity contribution in [3.05, 3.63) is 35.7 Å². The molecule has 0 radical (unpaired) electrons. The summed E-state index contributed by atoms with van der Waals surface area (Å²) in [7, 11) is -2.07. The van der Waals surface area contributed by atoms with Gasteiger partial charge in [-0.25, -0.2) is 13.2 Å². The number of nitrogens with one attached hydrogen (secondary N) is 2. The third-order valence-electron chi connectivity index (χ3n) is 6.12. The van der Waals surface area contributed by atoms with Gasteiger partial charge in [-0.05, 0) is 57.2 Å². The van der Waals surface area contributed by atoms with E-state index in [1.165, 1.54) is 13.5 Å². The van der Waals surface area contributed by atoms with Crippen molar-refractivity contribution in [2.75, 3.05) is 17.6 Å². The van der Waals surface area contributed by atoms with E-state index in [9.17, 15) is 13.2 Å². The Bertz CT molecular complexity index is 1340. The first-order valence-electron chi connectivity index (χ1n) is 12.5. The van der Waals surface area contributed by atoms with E-state index < -0.39 is 21.7 Å². The molecule has 0 bridgehead atoms. The summed E-state index contributed by atoms with van der Waals surface area (Å²) in [6.45, 7) is 6.10. The predicted molar refractivity (Wildman–Crippen MR) is 139 cm³/mol. The highest BCUT2D eigenvalue weighted by molar-refractivity contribution is 7.92. The number of sulfonamides is 1. The van der Waals surface area contributed by atoms with Gasteiger partial charge < -0.3 is 19.3 Å². The molecule has 2 N–H and O–H groups in total. The SMILES string of the molecule is COc1cc(Cn2cc(CNC(=O)OC(C)(C)C)cn2)cc2onc(NS(=O)(=O)CC3CCCCC3)c12. The van der Waals surface area contributed by atoms with Crippen molar-refractivity contribution in [2.24, 2.45) is 5.92 Å². The number of aromatic nitrogens is 3. The molecule has 11 nitrogen and oxygen atoms in total. The van der Waals surface area contributed by atoms with Crippen LogP contribution in [0.5, 0.6) is 5.75 Å². The standard InChI is InChI=1S/C25H35N5O6S/c1-25(2,3)35-24(31)26-12-19-13-27-30(15-19)14-18-10-20(34-4)22-21(11-18)36-28-23(22)29-37(32,33)16-17-8-6-5-7-9-17/h10-11,13,15,17H,5-9,12,14,16H2,1-4H3,(H,26,31)(H,28,29). The zero-order valence-corrected chi connectivity index (χ0v) is 22.6. The van der Waals surface area contributed by atoms with E-state index in [2.05, 4.69) is 20.3 Å². The average molecular weight is 534 g/mol. The number of carbonyl (C=O) groups excluding carboxylic acids is 1. The van der Waals surface area contributed by atoms with Gasteiger partial charge in [0.25, 0.3) is 0 Å². The van der Waals surface area contributed by atoms with Crippen LogP contribution in [-0.2, 0) is 27.8 Å². The molecule has 4 rings (SSSR count). The van der Waals surface area contributed by atoms with Gasteiger partial charge in [0, 0.05) is 18.3 Å². The third-order valence-corrected chi connectivity index (χ3v) is 7.53. The fraction of sp³-hybridized carbons (Fsp3) is 0.560. The lowest BCUT2D eigenvalue weighted by Gasteiger charge is -2.21. The fourth-order valence-corrected chi connectivity index (χ4v) is 6.00. The molecular formula is C25H35N5O6S. The highest BCUT2D eigenvalue weighted by Crippen LogP contribution is 2.35. The molecule has 2 aromatic heterocycles. The van der Waals surface area contributed by atoms with E-state index in [0.717, 1.165) is 36.8 Å². The summed E-state index contributed by atoms with van der Waals surface area (Å²) in [6, 6.07) is 3.59. The van der Waals surface area contributed by atoms with Crippen LogP contribution in [0.25, 0.3) is 11.0 Å². The average Bonchev–Trinajstić information content (AvgIpc) is 3.43. The highest BCUT2D eigenvalue weighted by Gasteiger charge is 2.25. The van der Waals surface area contributed by atoms with E-state index in [-0.39, 0.29) is 24.0 Å². The maximum Gasteiger partial charge on any atom is 0.407 e. The van der Waals surface area contributed by atoms with Crippen LogP contribution in [0.15, 0.2) is 29.0 Å². The summed E-state index contributed by atoms with van der Waals surface area (Å²) in [5.74, 6) is 0.815. The van der Waals surface area contributed by atoms with Gasteiger partial charge in [0.1, 0.15) is 16.7 Å². The molecule has 1 aromatic carbocycles. The number of rotatable bonds is 9. The summed E-state index contributed by atoms with van der Waals surface area (Å²) in [4.78, 5) is 11.9. The molecule has 3 aromatic rings. The third kappa shape index (κ3) is 7.37. The van der Waals surface area contributed by atoms with Gasteiger partial charge in [0.15, 0.2) is 11.4 Å². The molecule has 0 saturated heterocycles. The second-order valence-corrected chi connectivity index (χ2v) is 12.3. The molecular weight excluding hydrogens is 498 g/mol. The molecule has 1 fully saturated rings. The Balaban J connectivity index is 1.44. The second-order valence-electron chi connectivity index (χ2n) is 10.5. The highest BCUT2D eigenvalue weighted by atomic mass is 32.2. The van der Waals surface area contributed by atoms with Gasteiger partial charge >= 0.3 is 6.09 Å². The first-order valence-corrected chi connectivity index (χ1v) is 14.1. The van der Waals surface area contributed by atoms with Gasteiger partial charge in [0.05, 0.1) is 25.6 Å². The summed E-state index contributed by atoms with van der Waals surface area (Å²) < 4.78 is 46.2. The van der Waals surface area contributed by atoms with Crippen LogP contribution in [0, 0.1) is 5.92 Å². The molecule has 0 spiro atoms. The van der Waals surface area contributed by atoms with Crippen molar-refractivity contribution in [1.82, 2.24) is 20.3 Å². The Hall–Kier alpha value is -3.28. The van der Waals surface area contributed by atoms with Gasteiger partial charge in [-0.2, -0.15) is 5.10 Å². The van der Waals surface area contributed by atoms with E-state index in [4.69, 9.17) is 14.0 Å². The molecule has 1 saturated carbocycles. The maximum atomic E-state index is 12.8. The van der Waals surface area contributed by atoms with Crippen LogP contribution in [0.1, 0.15) is 64.0 Å². The second kappa shape index (κ2) is 11.0. The quantitative estimate of drug-likeness (QED) is 0.412. The van der Waals surface area contributed by atoms with Gasteiger partial charge in [0.2, 0.25) is 10.0 Å². The number of carbonyl (C=O) groups is 1. The number of methoxy groups -OCH3 is 1. The van der Waals surface area contributed by atoms with Crippen LogP contribution in [0.2, 0.25) is 0 Å². The molecule has 1 aliphatic carbocycles. The van der Waals surface area contributed by atoms with Crippen LogP contribution < -0.4 is 14.8 Å². The Morgan fingerprint density at radius 2 is 1.95 bits per heavy atom. The van der Waals surface area contributed by atoms with Crippen LogP contribution in [0.3, 0.4) is 0 Å². The molecule has 0 unspecified atom stereocenters. The normalized spacial score (nSPS) is 15.0. The van der Waals surface area contributed by atoms with Gasteiger partial charge in [-0.15, -0.1) is 0 Å². The van der Waals surface area contributed by atoms with Crippen molar-refractivity contribution < 1.29 is 27.2 Å². The number of alkyl carbamates (subject to hydrolysis) is 1. The van der Waals surface area contributed by atoms with E-state index in [1.807, 2.05) is 6.20 Å². The lowest BCUT2D eigenvalue weighted by Crippen LogP contribution is -2.32. The fourth-order valence-electron chi connectivity index (χ4n) is 4.52. The smallest absolute Gasteiger partial charge is 0.407 e. The molecule has 37 heavy (non-hydrogen) atoms. The van der Waals surface area contributed by atoms with E-state index >= 15 is 0 Å². The van der Waals surface area contributed by atoms with Crippen molar-refractivity contribution in [3.8, 4) is 5.75 Å². The molecule has 2 heterocycles. The first-order chi connectivity index (χ1) is 17.5. The van der Waals surface area contributed by atoms with Crippen LogP contribution in [-0.4, -0.2) is 47.9 Å². The van der Waals surface area contributed by atoms with Gasteiger partial charge in [-0.3, -0.25) is 9.40 Å². The van der Waals surface area contributed by atoms with Crippen molar-refractivity contribution >= 4 is 32.9 Å². The molecule has 202 valence electrons. The zero-order valence-electron chi connectivity index (χ0n) is 21.7. The monoisotopic (exact) mass is 533 g/mol. The maximum absolute atomic E-state index is 12.8. The number of amides is 1. The Morgan fingerprint density at radius 1 is 1.19 bits per heavy atom. The molecule has 0 atom stereocenters. The van der Waals surface area contributed by atoms with Gasteiger partial charge in [-0.1, -0.05) is 24.4 Å². The summed E-state index contributed by atoms with van der Waals surface area (Å²) in [5.41, 5.74) is 1.48. The number of hydrogen-bond donors (Lipinski definition) is 2. The predicted octanol–water partition coefficient (Wildman–Crippen LogP) is 4.43. The van der Waals surface area contributed by atoms with Crippen LogP contribution in [0.4, 0.5) is 10.6 Å². The van der Waals surface area contributed by atoms with Crippen molar-refractivity contribution in [3.63, 3.8) is 0 Å². The minimum absolute atomic E-state index is 0.0756. The lowest BCUT2D eigenvalue weighted by molar-refractivity contribution is 0.0523. The number of hydrogen-bond acceptors (Lipinski definition) is 8. The Kier molecular flexibility index (Phi) is 7.96. The van der Waals surface area contributed by atoms with Crippen molar-refractivity contribution in [2.45, 2.75) is 71.6 Å². The largest absolute Gasteiger partial charge is 0.496 e. The molecule has 1 aliphatic rings. The number of fused-ring (bicyclic) bond motifs is 1. The number of benzene rings is 1. The van der Waals surface area contributed by atoms with E-state index in [0.29, 0.717) is 23.3 Å². The molecule has 0 aliphatic heterocycles. The topological polar surface area (TPSA) is 138 Å². The number of nitrogens with zero attached hydrogens (tertiary/aromatic N) is 3. The summed E-state index contributed by atoms with van der Waals surface area (Å²) in [6.07, 6.45) is 8.16. The summed E-state index contributed by atoms with van der Waals surface area (Å²) >= 11 is 0. The minimum atomic E-state index is -3.58. The number of ether oxygens (including phenoxy) is 2. The first kappa shape index (κ1) is 26.8. The Morgan fingerprint density at radius 3 is 2.65 bits per heavy atom. The summed E-state index contributed by atoms with van der Waals surface area (Å²) in [5, 5.41) is 11.5.